The van der Waals surface area contributed by atoms with Gasteiger partial charge in [-0.15, -0.1) is 0 Å². The van der Waals surface area contributed by atoms with Crippen molar-refractivity contribution in [3.63, 3.8) is 0 Å². The summed E-state index contributed by atoms with van der Waals surface area (Å²) in [6.07, 6.45) is 1.73. The van der Waals surface area contributed by atoms with Gasteiger partial charge in [-0.2, -0.15) is 0 Å². The molecule has 31 heavy (non-hydrogen) atoms. The predicted molar refractivity (Wildman–Crippen MR) is 152 cm³/mol. The monoisotopic (exact) mass is 492 g/mol. The van der Waals surface area contributed by atoms with Crippen LogP contribution in [0.25, 0.3) is 0 Å². The van der Waals surface area contributed by atoms with Crippen LogP contribution < -0.4 is 0 Å². The molecule has 0 bridgehead atoms. The number of rotatable bonds is 10. The number of benzene rings is 1. The van der Waals surface area contributed by atoms with E-state index in [4.69, 9.17) is 10.2 Å². The first-order valence-corrected chi connectivity index (χ1v) is 25.4. The molecule has 1 rings (SSSR count). The van der Waals surface area contributed by atoms with Crippen LogP contribution in [0.4, 0.5) is 0 Å². The second-order valence-corrected chi connectivity index (χ2v) is 32.6. The van der Waals surface area contributed by atoms with E-state index in [2.05, 4.69) is 124 Å². The first kappa shape index (κ1) is 28.1. The summed E-state index contributed by atoms with van der Waals surface area (Å²) in [6, 6.07) is 10.8. The highest BCUT2D eigenvalue weighted by Crippen LogP contribution is 2.23. The lowest BCUT2D eigenvalue weighted by atomic mass is 10.0. The summed E-state index contributed by atoms with van der Waals surface area (Å²) in [6.45, 7) is 31.1. The number of hydrogen-bond acceptors (Lipinski definition) is 4. The van der Waals surface area contributed by atoms with Gasteiger partial charge in [-0.25, -0.2) is 10.2 Å². The van der Waals surface area contributed by atoms with Crippen LogP contribution in [-0.2, 0) is 6.42 Å². The first-order chi connectivity index (χ1) is 13.8. The summed E-state index contributed by atoms with van der Waals surface area (Å²) in [5.74, 6) is 0. The molecule has 0 aliphatic heterocycles. The summed E-state index contributed by atoms with van der Waals surface area (Å²) >= 11 is 0. The highest BCUT2D eigenvalue weighted by molar-refractivity contribution is 6.90. The fourth-order valence-electron chi connectivity index (χ4n) is 4.22. The van der Waals surface area contributed by atoms with Crippen molar-refractivity contribution in [1.82, 2.24) is 8.68 Å². The Kier molecular flexibility index (Phi) is 9.33. The summed E-state index contributed by atoms with van der Waals surface area (Å²) in [7, 11) is -6.21. The van der Waals surface area contributed by atoms with Crippen molar-refractivity contribution in [2.45, 2.75) is 98.3 Å². The molecule has 0 unspecified atom stereocenters. The van der Waals surface area contributed by atoms with E-state index in [1.807, 2.05) is 0 Å². The molecule has 1 aromatic rings. The Labute approximate surface area is 197 Å². The van der Waals surface area contributed by atoms with E-state index in [0.29, 0.717) is 0 Å². The van der Waals surface area contributed by atoms with Gasteiger partial charge in [0.25, 0.3) is 0 Å². The van der Waals surface area contributed by atoms with Crippen molar-refractivity contribution in [2.75, 3.05) is 0 Å². The van der Waals surface area contributed by atoms with Gasteiger partial charge in [0.1, 0.15) is 0 Å². The number of hydrogen-bond donors (Lipinski definition) is 0. The lowest BCUT2D eigenvalue weighted by Gasteiger charge is -2.42. The molecule has 0 atom stereocenters. The second kappa shape index (κ2) is 10.3. The Morgan fingerprint density at radius 2 is 1.03 bits per heavy atom. The molecule has 0 N–H and O–H groups in total. The van der Waals surface area contributed by atoms with Crippen LogP contribution in [0.15, 0.2) is 40.5 Å². The smallest absolute Gasteiger partial charge is 0.158 e. The van der Waals surface area contributed by atoms with Crippen LogP contribution in [0.3, 0.4) is 0 Å². The van der Waals surface area contributed by atoms with Crippen LogP contribution in [-0.4, -0.2) is 53.0 Å². The summed E-state index contributed by atoms with van der Waals surface area (Å²) in [5.41, 5.74) is 3.75. The zero-order valence-electron chi connectivity index (χ0n) is 22.6. The van der Waals surface area contributed by atoms with E-state index in [0.717, 1.165) is 12.8 Å². The van der Waals surface area contributed by atoms with Crippen molar-refractivity contribution < 1.29 is 0 Å². The Hall–Kier alpha value is -0.972. The molecule has 0 amide bonds. The van der Waals surface area contributed by atoms with Crippen molar-refractivity contribution in [3.05, 3.63) is 35.9 Å². The quantitative estimate of drug-likeness (QED) is 0.195. The van der Waals surface area contributed by atoms with Gasteiger partial charge in [-0.1, -0.05) is 109 Å². The van der Waals surface area contributed by atoms with E-state index in [9.17, 15) is 0 Å². The van der Waals surface area contributed by atoms with Crippen LogP contribution in [0.2, 0.25) is 78.6 Å². The van der Waals surface area contributed by atoms with E-state index in [1.165, 1.54) is 17.0 Å². The van der Waals surface area contributed by atoms with Gasteiger partial charge in [0.05, 0.1) is 0 Å². The van der Waals surface area contributed by atoms with E-state index in [1.54, 1.807) is 0 Å². The maximum Gasteiger partial charge on any atom is 0.158 e. The molecule has 4 nitrogen and oxygen atoms in total. The van der Waals surface area contributed by atoms with Gasteiger partial charge in [0.15, 0.2) is 32.9 Å². The zero-order chi connectivity index (χ0) is 24.3. The van der Waals surface area contributed by atoms with Gasteiger partial charge >= 0.3 is 0 Å². The Bertz CT molecular complexity index is 736. The molecular weight excluding hydrogens is 445 g/mol. The van der Waals surface area contributed by atoms with Crippen LogP contribution in [0, 0.1) is 0 Å². The maximum absolute atomic E-state index is 5.38. The molecular formula is C23H48N4Si4. The lowest BCUT2D eigenvalue weighted by molar-refractivity contribution is 0.657. The lowest BCUT2D eigenvalue weighted by Crippen LogP contribution is -2.56. The molecule has 0 aromatic heterocycles. The molecule has 0 radical (unpaired) electrons. The number of nitrogens with zero attached hydrogens (tertiary/aromatic N) is 4. The standard InChI is InChI=1S/C23H48N4Si4/c1-21(24-26(28(2,3)4)29(5,6)7)19-23(20-22-17-15-14-16-18-22)25-27(30(8,9)10)31(11,12)13/h14-18H,19-20H2,1-13H3. The van der Waals surface area contributed by atoms with Gasteiger partial charge < -0.3 is 8.68 Å². The second-order valence-electron chi connectivity index (χ2n) is 12.6. The number of hydrazone groups is 2. The summed E-state index contributed by atoms with van der Waals surface area (Å²) in [5, 5.41) is 10.6. The molecule has 0 fully saturated rings. The van der Waals surface area contributed by atoms with Crippen molar-refractivity contribution >= 4 is 44.4 Å². The summed E-state index contributed by atoms with van der Waals surface area (Å²) in [4.78, 5) is 0. The van der Waals surface area contributed by atoms with E-state index < -0.39 is 32.9 Å². The van der Waals surface area contributed by atoms with Crippen molar-refractivity contribution in [1.29, 1.82) is 0 Å². The Morgan fingerprint density at radius 3 is 1.42 bits per heavy atom. The fraction of sp³-hybridized carbons (Fsp3) is 0.652. The predicted octanol–water partition coefficient (Wildman–Crippen LogP) is 7.29. The van der Waals surface area contributed by atoms with E-state index in [-0.39, 0.29) is 0 Å². The third-order valence-corrected chi connectivity index (χ3v) is 18.3. The average Bonchev–Trinajstić information content (AvgIpc) is 2.54. The van der Waals surface area contributed by atoms with E-state index >= 15 is 0 Å². The molecule has 0 aliphatic rings. The molecule has 0 saturated carbocycles. The van der Waals surface area contributed by atoms with Gasteiger partial charge in [-0.05, 0) is 12.5 Å². The minimum absolute atomic E-state index is 0.839. The third kappa shape index (κ3) is 9.59. The molecule has 0 heterocycles. The third-order valence-electron chi connectivity index (χ3n) is 4.76. The first-order valence-electron chi connectivity index (χ1n) is 11.6. The Morgan fingerprint density at radius 1 is 0.645 bits per heavy atom. The molecule has 0 spiro atoms. The molecule has 1 aromatic carbocycles. The van der Waals surface area contributed by atoms with Gasteiger partial charge in [-0.3, -0.25) is 0 Å². The zero-order valence-corrected chi connectivity index (χ0v) is 26.6. The molecule has 0 aliphatic carbocycles. The SMILES string of the molecule is CC(CC(Cc1ccccc1)=NN([Si](C)(C)C)[Si](C)(C)C)=NN([Si](C)(C)C)[Si](C)(C)C. The van der Waals surface area contributed by atoms with Crippen molar-refractivity contribution in [2.24, 2.45) is 10.2 Å². The molecule has 8 heteroatoms. The highest BCUT2D eigenvalue weighted by Gasteiger charge is 2.35. The van der Waals surface area contributed by atoms with Crippen LogP contribution in [0.1, 0.15) is 18.9 Å². The maximum atomic E-state index is 5.38. The average molecular weight is 493 g/mol. The highest BCUT2D eigenvalue weighted by atomic mass is 28.4. The van der Waals surface area contributed by atoms with Gasteiger partial charge in [0, 0.05) is 24.3 Å². The van der Waals surface area contributed by atoms with Gasteiger partial charge in [0.2, 0.25) is 0 Å². The fourth-order valence-corrected chi connectivity index (χ4v) is 22.1. The minimum atomic E-state index is -1.57. The Balaban J connectivity index is 3.40. The molecule has 176 valence electrons. The van der Waals surface area contributed by atoms with Crippen LogP contribution in [0.5, 0.6) is 0 Å². The normalized spacial score (nSPS) is 14.6. The molecule has 0 saturated heterocycles. The van der Waals surface area contributed by atoms with Crippen molar-refractivity contribution in [3.8, 4) is 0 Å². The topological polar surface area (TPSA) is 31.2 Å². The van der Waals surface area contributed by atoms with Crippen LogP contribution >= 0.6 is 0 Å². The largest absolute Gasteiger partial charge is 0.350 e. The summed E-state index contributed by atoms with van der Waals surface area (Å²) < 4.78 is 5.06. The minimum Gasteiger partial charge on any atom is -0.350 e.